The summed E-state index contributed by atoms with van der Waals surface area (Å²) in [5.74, 6) is -1.01. The molecule has 0 aliphatic heterocycles. The molecule has 0 rings (SSSR count). The summed E-state index contributed by atoms with van der Waals surface area (Å²) < 4.78 is 16.7. The minimum absolute atomic E-state index is 0.113. The number of allylic oxidation sites excluding steroid dienone is 22. The maximum atomic E-state index is 12.7. The quantitative estimate of drug-likeness (QED) is 0.0265. The van der Waals surface area contributed by atoms with Crippen LogP contribution >= 0.6 is 0 Å². The first-order chi connectivity index (χ1) is 30.0. The van der Waals surface area contributed by atoms with Crippen LogP contribution in [0.4, 0.5) is 0 Å². The largest absolute Gasteiger partial charge is 0.462 e. The molecule has 0 aliphatic rings. The zero-order valence-electron chi connectivity index (χ0n) is 38.6. The van der Waals surface area contributed by atoms with E-state index in [1.54, 1.807) is 0 Å². The van der Waals surface area contributed by atoms with E-state index in [2.05, 4.69) is 45.1 Å². The molecular weight excluding hydrogens is 757 g/mol. The van der Waals surface area contributed by atoms with Gasteiger partial charge in [-0.2, -0.15) is 0 Å². The maximum absolute atomic E-state index is 12.7. The molecule has 1 unspecified atom stereocenters. The Morgan fingerprint density at radius 3 is 1.00 bits per heavy atom. The summed E-state index contributed by atoms with van der Waals surface area (Å²) in [7, 11) is 0. The Morgan fingerprint density at radius 1 is 0.344 bits per heavy atom. The van der Waals surface area contributed by atoms with Crippen molar-refractivity contribution < 1.29 is 28.6 Å². The number of carbonyl (C=O) groups excluding carboxylic acids is 3. The van der Waals surface area contributed by atoms with Gasteiger partial charge in [0.1, 0.15) is 13.2 Å². The summed E-state index contributed by atoms with van der Waals surface area (Å²) >= 11 is 0. The van der Waals surface area contributed by atoms with Crippen LogP contribution in [0.15, 0.2) is 134 Å². The van der Waals surface area contributed by atoms with Gasteiger partial charge in [0.15, 0.2) is 6.10 Å². The highest BCUT2D eigenvalue weighted by Gasteiger charge is 2.19. The zero-order valence-corrected chi connectivity index (χ0v) is 38.6. The fraction of sp³-hybridized carbons (Fsp3) is 0.545. The Hall–Kier alpha value is -4.45. The first kappa shape index (κ1) is 56.5. The van der Waals surface area contributed by atoms with Gasteiger partial charge in [-0.1, -0.05) is 231 Å². The molecule has 0 spiro atoms. The number of ether oxygens (including phenoxy) is 3. The highest BCUT2D eigenvalue weighted by molar-refractivity contribution is 5.71. The van der Waals surface area contributed by atoms with Gasteiger partial charge in [0, 0.05) is 19.3 Å². The van der Waals surface area contributed by atoms with Crippen LogP contribution in [-0.4, -0.2) is 37.2 Å². The molecule has 0 radical (unpaired) electrons. The molecule has 6 nitrogen and oxygen atoms in total. The third-order valence-electron chi connectivity index (χ3n) is 9.44. The van der Waals surface area contributed by atoms with E-state index in [1.165, 1.54) is 51.4 Å². The van der Waals surface area contributed by atoms with Crippen molar-refractivity contribution in [2.45, 2.75) is 181 Å². The Labute approximate surface area is 373 Å². The van der Waals surface area contributed by atoms with Crippen molar-refractivity contribution >= 4 is 17.9 Å². The molecule has 340 valence electrons. The van der Waals surface area contributed by atoms with Crippen LogP contribution in [0.25, 0.3) is 0 Å². The van der Waals surface area contributed by atoms with E-state index >= 15 is 0 Å². The third kappa shape index (κ3) is 46.5. The predicted molar refractivity (Wildman–Crippen MR) is 260 cm³/mol. The molecule has 61 heavy (non-hydrogen) atoms. The zero-order chi connectivity index (χ0) is 44.4. The summed E-state index contributed by atoms with van der Waals surface area (Å²) in [6, 6.07) is 0. The van der Waals surface area contributed by atoms with Crippen LogP contribution in [0.3, 0.4) is 0 Å². The van der Waals surface area contributed by atoms with Crippen molar-refractivity contribution in [3.8, 4) is 0 Å². The van der Waals surface area contributed by atoms with Gasteiger partial charge in [-0.15, -0.1) is 0 Å². The van der Waals surface area contributed by atoms with Crippen molar-refractivity contribution in [3.63, 3.8) is 0 Å². The fourth-order valence-corrected chi connectivity index (χ4v) is 5.90. The van der Waals surface area contributed by atoms with E-state index in [1.807, 2.05) is 109 Å². The second-order valence-corrected chi connectivity index (χ2v) is 15.2. The average molecular weight is 841 g/mol. The highest BCUT2D eigenvalue weighted by Crippen LogP contribution is 2.13. The summed E-state index contributed by atoms with van der Waals surface area (Å²) in [5, 5.41) is 0. The van der Waals surface area contributed by atoms with Crippen LogP contribution in [-0.2, 0) is 28.6 Å². The Bertz CT molecular complexity index is 1380. The summed E-state index contributed by atoms with van der Waals surface area (Å²) in [6.45, 7) is 6.24. The molecule has 0 aromatic heterocycles. The number of esters is 3. The number of hydrogen-bond acceptors (Lipinski definition) is 6. The lowest BCUT2D eigenvalue weighted by Crippen LogP contribution is -2.30. The van der Waals surface area contributed by atoms with Crippen LogP contribution in [0.2, 0.25) is 0 Å². The monoisotopic (exact) mass is 841 g/mol. The minimum Gasteiger partial charge on any atom is -0.462 e. The molecule has 6 heteroatoms. The van der Waals surface area contributed by atoms with Crippen molar-refractivity contribution in [2.24, 2.45) is 0 Å². The van der Waals surface area contributed by atoms with Gasteiger partial charge in [0.05, 0.1) is 0 Å². The molecule has 1 atom stereocenters. The molecule has 0 saturated carbocycles. The SMILES string of the molecule is CC\C=C/C=C\C=C/C=C\C=C\C=C/C=C\CCCCCC(=O)OCC(COC(=O)CCCCCCCCCCCCC)OC(=O)CCCCC\C=C/C=C\C=C/C=C\CC. The van der Waals surface area contributed by atoms with Gasteiger partial charge in [0.2, 0.25) is 0 Å². The van der Waals surface area contributed by atoms with Crippen LogP contribution < -0.4 is 0 Å². The van der Waals surface area contributed by atoms with E-state index in [0.717, 1.165) is 77.0 Å². The van der Waals surface area contributed by atoms with Crippen LogP contribution in [0, 0.1) is 0 Å². The Morgan fingerprint density at radius 2 is 0.639 bits per heavy atom. The first-order valence-corrected chi connectivity index (χ1v) is 23.8. The Kier molecular flexibility index (Phi) is 44.7. The van der Waals surface area contributed by atoms with Crippen molar-refractivity contribution in [2.75, 3.05) is 13.2 Å². The lowest BCUT2D eigenvalue weighted by molar-refractivity contribution is -0.167. The molecule has 0 heterocycles. The number of unbranched alkanes of at least 4 members (excludes halogenated alkanes) is 16. The molecule has 0 saturated heterocycles. The fourth-order valence-electron chi connectivity index (χ4n) is 5.90. The standard InChI is InChI=1S/C55H84O6/c1-4-7-10-13-16-19-22-24-25-26-27-28-29-31-33-36-39-42-45-48-54(57)60-51-52(50-59-53(56)47-44-41-38-35-32-21-18-15-12-9-6-3)61-55(58)49-46-43-40-37-34-30-23-20-17-14-11-8-5-2/h7-8,10-11,13-14,16-17,19-20,22-31,33-34,52H,4-6,9,12,15,18,21,32,35-51H2,1-3H3/b10-7-,11-8-,16-13-,17-14-,22-19-,23-20-,25-24-,27-26+,29-28-,33-31-,34-30-. The molecule has 0 fully saturated rings. The smallest absolute Gasteiger partial charge is 0.306 e. The normalized spacial score (nSPS) is 13.3. The summed E-state index contributed by atoms with van der Waals surface area (Å²) in [5.41, 5.74) is 0. The molecule has 0 bridgehead atoms. The van der Waals surface area contributed by atoms with Crippen molar-refractivity contribution in [1.82, 2.24) is 0 Å². The molecule has 0 aromatic carbocycles. The first-order valence-electron chi connectivity index (χ1n) is 23.8. The molecule has 0 aromatic rings. The third-order valence-corrected chi connectivity index (χ3v) is 9.44. The average Bonchev–Trinajstić information content (AvgIpc) is 3.26. The van der Waals surface area contributed by atoms with E-state index in [0.29, 0.717) is 19.3 Å². The van der Waals surface area contributed by atoms with Crippen molar-refractivity contribution in [3.05, 3.63) is 134 Å². The molecule has 0 aliphatic carbocycles. The lowest BCUT2D eigenvalue weighted by Gasteiger charge is -2.18. The van der Waals surface area contributed by atoms with Gasteiger partial charge < -0.3 is 14.2 Å². The predicted octanol–water partition coefficient (Wildman–Crippen LogP) is 15.5. The van der Waals surface area contributed by atoms with E-state index < -0.39 is 6.10 Å². The summed E-state index contributed by atoms with van der Waals surface area (Å²) in [4.78, 5) is 37.8. The topological polar surface area (TPSA) is 78.9 Å². The van der Waals surface area contributed by atoms with Gasteiger partial charge in [-0.3, -0.25) is 14.4 Å². The lowest BCUT2D eigenvalue weighted by atomic mass is 10.1. The van der Waals surface area contributed by atoms with E-state index in [9.17, 15) is 14.4 Å². The maximum Gasteiger partial charge on any atom is 0.306 e. The minimum atomic E-state index is -0.819. The Balaban J connectivity index is 4.57. The second-order valence-electron chi connectivity index (χ2n) is 15.2. The van der Waals surface area contributed by atoms with Gasteiger partial charge in [-0.25, -0.2) is 0 Å². The van der Waals surface area contributed by atoms with Crippen LogP contribution in [0.1, 0.15) is 175 Å². The van der Waals surface area contributed by atoms with Crippen LogP contribution in [0.5, 0.6) is 0 Å². The molecular formula is C55H84O6. The van der Waals surface area contributed by atoms with Gasteiger partial charge in [0.25, 0.3) is 0 Å². The molecule has 0 N–H and O–H groups in total. The highest BCUT2D eigenvalue weighted by atomic mass is 16.6. The van der Waals surface area contributed by atoms with Gasteiger partial charge >= 0.3 is 17.9 Å². The summed E-state index contributed by atoms with van der Waals surface area (Å²) in [6.07, 6.45) is 67.1. The second kappa shape index (κ2) is 48.2. The molecule has 0 amide bonds. The number of rotatable bonds is 40. The van der Waals surface area contributed by atoms with E-state index in [-0.39, 0.29) is 37.5 Å². The van der Waals surface area contributed by atoms with Gasteiger partial charge in [-0.05, 0) is 57.8 Å². The number of carbonyl (C=O) groups is 3. The van der Waals surface area contributed by atoms with E-state index in [4.69, 9.17) is 14.2 Å². The number of hydrogen-bond donors (Lipinski definition) is 0. The van der Waals surface area contributed by atoms with Crippen molar-refractivity contribution in [1.29, 1.82) is 0 Å².